The van der Waals surface area contributed by atoms with E-state index < -0.39 is 0 Å². The topological polar surface area (TPSA) is 35.8 Å². The minimum absolute atomic E-state index is 0.717. The highest BCUT2D eigenvalue weighted by Crippen LogP contribution is 2.27. The molecular weight excluding hydrogens is 244 g/mol. The molecule has 1 unspecified atom stereocenters. The lowest BCUT2D eigenvalue weighted by molar-refractivity contribution is 0.504. The van der Waals surface area contributed by atoms with Gasteiger partial charge in [0.05, 0.1) is 11.6 Å². The zero-order valence-electron chi connectivity index (χ0n) is 11.5. The minimum atomic E-state index is 0.717. The summed E-state index contributed by atoms with van der Waals surface area (Å²) in [4.78, 5) is 0. The van der Waals surface area contributed by atoms with Crippen molar-refractivity contribution < 1.29 is 0 Å². The monoisotopic (exact) mass is 262 g/mol. The van der Waals surface area contributed by atoms with Crippen molar-refractivity contribution in [2.24, 2.45) is 5.92 Å². The van der Waals surface area contributed by atoms with Gasteiger partial charge in [0.15, 0.2) is 0 Å². The summed E-state index contributed by atoms with van der Waals surface area (Å²) in [6.45, 7) is 1.00. The number of nitrogens with one attached hydrogen (secondary N) is 1. The van der Waals surface area contributed by atoms with Gasteiger partial charge in [-0.3, -0.25) is 0 Å². The molecule has 20 heavy (non-hydrogen) atoms. The molecule has 100 valence electrons. The molecule has 0 radical (unpaired) electrons. The maximum atomic E-state index is 9.18. The summed E-state index contributed by atoms with van der Waals surface area (Å²) in [6.07, 6.45) is 8.18. The third-order valence-electron chi connectivity index (χ3n) is 4.00. The molecule has 0 aromatic heterocycles. The van der Waals surface area contributed by atoms with E-state index in [1.165, 1.54) is 19.3 Å². The van der Waals surface area contributed by atoms with Gasteiger partial charge < -0.3 is 5.32 Å². The van der Waals surface area contributed by atoms with E-state index in [0.717, 1.165) is 34.5 Å². The Bertz CT molecular complexity index is 679. The van der Waals surface area contributed by atoms with Gasteiger partial charge in [0, 0.05) is 23.0 Å². The van der Waals surface area contributed by atoms with Crippen molar-refractivity contribution in [2.75, 3.05) is 11.9 Å². The molecule has 0 bridgehead atoms. The van der Waals surface area contributed by atoms with Crippen molar-refractivity contribution in [3.05, 3.63) is 54.1 Å². The second kappa shape index (κ2) is 5.79. The Labute approximate surface area is 119 Å². The quantitative estimate of drug-likeness (QED) is 0.828. The van der Waals surface area contributed by atoms with Crippen LogP contribution in [0.3, 0.4) is 0 Å². The molecule has 1 aliphatic carbocycles. The Morgan fingerprint density at radius 1 is 1.10 bits per heavy atom. The fraction of sp³-hybridized carbons (Fsp3) is 0.278. The highest BCUT2D eigenvalue weighted by atomic mass is 14.9. The summed E-state index contributed by atoms with van der Waals surface area (Å²) in [5.41, 5.74) is 1.88. The second-order valence-electron chi connectivity index (χ2n) is 5.35. The molecule has 1 atom stereocenters. The van der Waals surface area contributed by atoms with E-state index in [9.17, 15) is 5.26 Å². The van der Waals surface area contributed by atoms with Gasteiger partial charge in [-0.15, -0.1) is 0 Å². The molecule has 0 spiro atoms. The van der Waals surface area contributed by atoms with Crippen LogP contribution in [0.1, 0.15) is 24.8 Å². The Balaban J connectivity index is 1.85. The summed E-state index contributed by atoms with van der Waals surface area (Å²) in [5, 5.41) is 14.9. The number of benzene rings is 2. The van der Waals surface area contributed by atoms with E-state index in [0.29, 0.717) is 0 Å². The van der Waals surface area contributed by atoms with Gasteiger partial charge in [0.25, 0.3) is 0 Å². The van der Waals surface area contributed by atoms with E-state index >= 15 is 0 Å². The van der Waals surface area contributed by atoms with Crippen molar-refractivity contribution >= 4 is 16.5 Å². The van der Waals surface area contributed by atoms with Gasteiger partial charge >= 0.3 is 0 Å². The van der Waals surface area contributed by atoms with Crippen molar-refractivity contribution in [3.8, 4) is 6.07 Å². The highest BCUT2D eigenvalue weighted by Gasteiger charge is 2.11. The SMILES string of the molecule is N#Cc1ccc(NCC2CC=CCC2)c2ccccc12. The molecule has 0 amide bonds. The lowest BCUT2D eigenvalue weighted by atomic mass is 9.94. The van der Waals surface area contributed by atoms with Crippen LogP contribution in [0.2, 0.25) is 0 Å². The number of allylic oxidation sites excluding steroid dienone is 2. The maximum Gasteiger partial charge on any atom is 0.0998 e. The molecule has 2 aromatic carbocycles. The van der Waals surface area contributed by atoms with Gasteiger partial charge in [-0.2, -0.15) is 5.26 Å². The van der Waals surface area contributed by atoms with Crippen molar-refractivity contribution in [3.63, 3.8) is 0 Å². The number of rotatable bonds is 3. The third kappa shape index (κ3) is 2.53. The molecule has 1 aliphatic rings. The summed E-state index contributed by atoms with van der Waals surface area (Å²) in [6, 6.07) is 14.3. The number of anilines is 1. The molecule has 0 saturated heterocycles. The molecule has 2 nitrogen and oxygen atoms in total. The van der Waals surface area contributed by atoms with E-state index in [-0.39, 0.29) is 0 Å². The fourth-order valence-electron chi connectivity index (χ4n) is 2.85. The van der Waals surface area contributed by atoms with Crippen molar-refractivity contribution in [1.29, 1.82) is 5.26 Å². The zero-order chi connectivity index (χ0) is 13.8. The lowest BCUT2D eigenvalue weighted by Gasteiger charge is -2.19. The lowest BCUT2D eigenvalue weighted by Crippen LogP contribution is -2.15. The Morgan fingerprint density at radius 3 is 2.70 bits per heavy atom. The third-order valence-corrected chi connectivity index (χ3v) is 4.00. The van der Waals surface area contributed by atoms with Crippen LogP contribution in [0.15, 0.2) is 48.6 Å². The van der Waals surface area contributed by atoms with Crippen LogP contribution in [0.4, 0.5) is 5.69 Å². The Kier molecular flexibility index (Phi) is 3.69. The summed E-state index contributed by atoms with van der Waals surface area (Å²) in [5.74, 6) is 0.717. The van der Waals surface area contributed by atoms with Crippen LogP contribution < -0.4 is 5.32 Å². The van der Waals surface area contributed by atoms with E-state index in [2.05, 4.69) is 29.6 Å². The summed E-state index contributed by atoms with van der Waals surface area (Å²) in [7, 11) is 0. The van der Waals surface area contributed by atoms with Crippen LogP contribution in [-0.2, 0) is 0 Å². The maximum absolute atomic E-state index is 9.18. The average molecular weight is 262 g/mol. The Hall–Kier alpha value is -2.27. The molecule has 0 saturated carbocycles. The molecule has 0 aliphatic heterocycles. The standard InChI is InChI=1S/C18H18N2/c19-12-15-10-11-18(17-9-5-4-8-16(15)17)20-13-14-6-2-1-3-7-14/h1-2,4-5,8-11,14,20H,3,6-7,13H2. The summed E-state index contributed by atoms with van der Waals surface area (Å²) < 4.78 is 0. The van der Waals surface area contributed by atoms with Crippen LogP contribution in [0, 0.1) is 17.2 Å². The fourth-order valence-corrected chi connectivity index (χ4v) is 2.85. The van der Waals surface area contributed by atoms with Crippen LogP contribution in [0.5, 0.6) is 0 Å². The predicted octanol–water partition coefficient (Wildman–Crippen LogP) is 4.48. The van der Waals surface area contributed by atoms with Gasteiger partial charge in [-0.1, -0.05) is 36.4 Å². The van der Waals surface area contributed by atoms with Crippen molar-refractivity contribution in [1.82, 2.24) is 0 Å². The average Bonchev–Trinajstić information content (AvgIpc) is 2.53. The first-order chi connectivity index (χ1) is 9.88. The van der Waals surface area contributed by atoms with Crippen LogP contribution in [0.25, 0.3) is 10.8 Å². The minimum Gasteiger partial charge on any atom is -0.384 e. The highest BCUT2D eigenvalue weighted by molar-refractivity contribution is 5.97. The van der Waals surface area contributed by atoms with E-state index in [4.69, 9.17) is 0 Å². The first kappa shape index (κ1) is 12.7. The second-order valence-corrected chi connectivity index (χ2v) is 5.35. The first-order valence-electron chi connectivity index (χ1n) is 7.19. The molecule has 0 fully saturated rings. The van der Waals surface area contributed by atoms with Crippen LogP contribution >= 0.6 is 0 Å². The van der Waals surface area contributed by atoms with Gasteiger partial charge in [-0.25, -0.2) is 0 Å². The summed E-state index contributed by atoms with van der Waals surface area (Å²) >= 11 is 0. The number of hydrogen-bond acceptors (Lipinski definition) is 2. The number of nitriles is 1. The molecular formula is C18H18N2. The number of fused-ring (bicyclic) bond motifs is 1. The van der Waals surface area contributed by atoms with Gasteiger partial charge in [0.2, 0.25) is 0 Å². The molecule has 2 aromatic rings. The van der Waals surface area contributed by atoms with Crippen molar-refractivity contribution in [2.45, 2.75) is 19.3 Å². The van der Waals surface area contributed by atoms with Gasteiger partial charge in [-0.05, 0) is 37.3 Å². The number of hydrogen-bond donors (Lipinski definition) is 1. The smallest absolute Gasteiger partial charge is 0.0998 e. The van der Waals surface area contributed by atoms with E-state index in [1.807, 2.05) is 30.3 Å². The zero-order valence-corrected chi connectivity index (χ0v) is 11.5. The largest absolute Gasteiger partial charge is 0.384 e. The van der Waals surface area contributed by atoms with E-state index in [1.54, 1.807) is 0 Å². The molecule has 1 N–H and O–H groups in total. The molecule has 2 heteroatoms. The Morgan fingerprint density at radius 2 is 1.95 bits per heavy atom. The number of nitrogens with zero attached hydrogens (tertiary/aromatic N) is 1. The molecule has 0 heterocycles. The van der Waals surface area contributed by atoms with Crippen LogP contribution in [-0.4, -0.2) is 6.54 Å². The molecule has 3 rings (SSSR count). The van der Waals surface area contributed by atoms with Gasteiger partial charge in [0.1, 0.15) is 0 Å². The predicted molar refractivity (Wildman–Crippen MR) is 83.6 cm³/mol. The first-order valence-corrected chi connectivity index (χ1v) is 7.19. The normalized spacial score (nSPS) is 17.9.